The van der Waals surface area contributed by atoms with E-state index in [0.29, 0.717) is 0 Å². The summed E-state index contributed by atoms with van der Waals surface area (Å²) in [6.45, 7) is 5.41. The fourth-order valence-electron chi connectivity index (χ4n) is 2.05. The van der Waals surface area contributed by atoms with Crippen molar-refractivity contribution in [1.29, 1.82) is 0 Å². The van der Waals surface area contributed by atoms with Crippen molar-refractivity contribution in [1.82, 2.24) is 14.9 Å². The van der Waals surface area contributed by atoms with Gasteiger partial charge in [-0.3, -0.25) is 4.90 Å². The summed E-state index contributed by atoms with van der Waals surface area (Å²) in [6.07, 6.45) is 1.84. The lowest BCUT2D eigenvalue weighted by atomic mass is 10.3. The van der Waals surface area contributed by atoms with Gasteiger partial charge < -0.3 is 9.80 Å². The SMILES string of the molecule is CN(C)c1nccc(N2CCN(CCBr)CC2)n1. The van der Waals surface area contributed by atoms with Crippen molar-refractivity contribution in [2.24, 2.45) is 0 Å². The predicted octanol–water partition coefficient (Wildman–Crippen LogP) is 1.06. The monoisotopic (exact) mass is 313 g/mol. The number of piperazine rings is 1. The zero-order valence-electron chi connectivity index (χ0n) is 11.0. The highest BCUT2D eigenvalue weighted by Gasteiger charge is 2.17. The molecule has 1 aliphatic heterocycles. The minimum absolute atomic E-state index is 0.774. The topological polar surface area (TPSA) is 35.5 Å². The van der Waals surface area contributed by atoms with Crippen LogP contribution in [0.4, 0.5) is 11.8 Å². The van der Waals surface area contributed by atoms with Crippen molar-refractivity contribution in [3.8, 4) is 0 Å². The van der Waals surface area contributed by atoms with Gasteiger partial charge in [0.05, 0.1) is 0 Å². The molecule has 0 radical (unpaired) electrons. The smallest absolute Gasteiger partial charge is 0.226 e. The fourth-order valence-corrected chi connectivity index (χ4v) is 2.55. The van der Waals surface area contributed by atoms with E-state index >= 15 is 0 Å². The van der Waals surface area contributed by atoms with Crippen LogP contribution in [0.15, 0.2) is 12.3 Å². The molecule has 0 aliphatic carbocycles. The van der Waals surface area contributed by atoms with E-state index in [9.17, 15) is 0 Å². The van der Waals surface area contributed by atoms with Crippen molar-refractivity contribution in [3.63, 3.8) is 0 Å². The molecule has 0 spiro atoms. The molecular formula is C12H20BrN5. The summed E-state index contributed by atoms with van der Waals surface area (Å²) in [5.74, 6) is 1.81. The molecule has 1 saturated heterocycles. The van der Waals surface area contributed by atoms with Crippen LogP contribution in [-0.2, 0) is 0 Å². The van der Waals surface area contributed by atoms with Crippen molar-refractivity contribution in [2.45, 2.75) is 0 Å². The third kappa shape index (κ3) is 3.32. The summed E-state index contributed by atoms with van der Waals surface area (Å²) in [7, 11) is 3.93. The Morgan fingerprint density at radius 2 is 2.00 bits per heavy atom. The molecule has 6 heteroatoms. The minimum Gasteiger partial charge on any atom is -0.354 e. The summed E-state index contributed by atoms with van der Waals surface area (Å²) in [6, 6.07) is 1.99. The predicted molar refractivity (Wildman–Crippen MR) is 78.8 cm³/mol. The summed E-state index contributed by atoms with van der Waals surface area (Å²) in [5.41, 5.74) is 0. The summed E-state index contributed by atoms with van der Waals surface area (Å²) in [5, 5.41) is 1.05. The quantitative estimate of drug-likeness (QED) is 0.777. The second kappa shape index (κ2) is 6.33. The van der Waals surface area contributed by atoms with Crippen LogP contribution < -0.4 is 9.80 Å². The molecule has 1 aromatic heterocycles. The van der Waals surface area contributed by atoms with Crippen LogP contribution >= 0.6 is 15.9 Å². The Balaban J connectivity index is 1.98. The molecule has 2 heterocycles. The number of rotatable bonds is 4. The van der Waals surface area contributed by atoms with Gasteiger partial charge in [0.15, 0.2) is 0 Å². The number of nitrogens with zero attached hydrogens (tertiary/aromatic N) is 5. The molecule has 1 fully saturated rings. The fraction of sp³-hybridized carbons (Fsp3) is 0.667. The van der Waals surface area contributed by atoms with Crippen LogP contribution in [0.2, 0.25) is 0 Å². The van der Waals surface area contributed by atoms with Gasteiger partial charge in [-0.15, -0.1) is 0 Å². The van der Waals surface area contributed by atoms with E-state index in [1.807, 2.05) is 31.3 Å². The van der Waals surface area contributed by atoms with Crippen LogP contribution in [0.1, 0.15) is 0 Å². The zero-order valence-corrected chi connectivity index (χ0v) is 12.6. The number of alkyl halides is 1. The molecule has 2 rings (SSSR count). The highest BCUT2D eigenvalue weighted by atomic mass is 79.9. The number of halogens is 1. The normalized spacial score (nSPS) is 16.9. The largest absolute Gasteiger partial charge is 0.354 e. The first-order chi connectivity index (χ1) is 8.70. The van der Waals surface area contributed by atoms with Gasteiger partial charge in [-0.1, -0.05) is 15.9 Å². The van der Waals surface area contributed by atoms with Crippen molar-refractivity contribution < 1.29 is 0 Å². The molecule has 0 N–H and O–H groups in total. The second-order valence-corrected chi connectivity index (χ2v) is 5.42. The number of aromatic nitrogens is 2. The van der Waals surface area contributed by atoms with E-state index in [-0.39, 0.29) is 0 Å². The molecule has 0 atom stereocenters. The molecule has 1 aliphatic rings. The maximum atomic E-state index is 4.58. The highest BCUT2D eigenvalue weighted by molar-refractivity contribution is 9.09. The van der Waals surface area contributed by atoms with Crippen LogP contribution in [0, 0.1) is 0 Å². The van der Waals surface area contributed by atoms with E-state index in [1.165, 1.54) is 0 Å². The Bertz CT molecular complexity index is 376. The number of anilines is 2. The van der Waals surface area contributed by atoms with Gasteiger partial charge in [0.2, 0.25) is 5.95 Å². The molecule has 100 valence electrons. The van der Waals surface area contributed by atoms with E-state index in [4.69, 9.17) is 0 Å². The lowest BCUT2D eigenvalue weighted by Gasteiger charge is -2.35. The minimum atomic E-state index is 0.774. The lowest BCUT2D eigenvalue weighted by molar-refractivity contribution is 0.273. The van der Waals surface area contributed by atoms with Gasteiger partial charge in [0.25, 0.3) is 0 Å². The third-order valence-electron chi connectivity index (χ3n) is 3.13. The number of hydrogen-bond acceptors (Lipinski definition) is 5. The van der Waals surface area contributed by atoms with Gasteiger partial charge in [0.1, 0.15) is 5.82 Å². The Morgan fingerprint density at radius 1 is 1.28 bits per heavy atom. The maximum Gasteiger partial charge on any atom is 0.226 e. The Morgan fingerprint density at radius 3 is 2.61 bits per heavy atom. The molecule has 0 bridgehead atoms. The molecule has 5 nitrogen and oxygen atoms in total. The molecule has 0 unspecified atom stereocenters. The van der Waals surface area contributed by atoms with E-state index < -0.39 is 0 Å². The lowest BCUT2D eigenvalue weighted by Crippen LogP contribution is -2.47. The van der Waals surface area contributed by atoms with E-state index in [0.717, 1.165) is 49.8 Å². The number of hydrogen-bond donors (Lipinski definition) is 0. The Labute approximate surface area is 117 Å². The van der Waals surface area contributed by atoms with Crippen LogP contribution in [0.25, 0.3) is 0 Å². The molecule has 0 saturated carbocycles. The Kier molecular flexibility index (Phi) is 4.77. The Hall–Kier alpha value is -0.880. The van der Waals surface area contributed by atoms with E-state index in [1.54, 1.807) is 0 Å². The van der Waals surface area contributed by atoms with Gasteiger partial charge >= 0.3 is 0 Å². The van der Waals surface area contributed by atoms with Crippen molar-refractivity contribution >= 4 is 27.7 Å². The maximum absolute atomic E-state index is 4.58. The van der Waals surface area contributed by atoms with Gasteiger partial charge in [-0.25, -0.2) is 4.98 Å². The molecular weight excluding hydrogens is 294 g/mol. The van der Waals surface area contributed by atoms with E-state index in [2.05, 4.69) is 35.7 Å². The van der Waals surface area contributed by atoms with Crippen LogP contribution in [-0.4, -0.2) is 67.0 Å². The summed E-state index contributed by atoms with van der Waals surface area (Å²) < 4.78 is 0. The van der Waals surface area contributed by atoms with Crippen LogP contribution in [0.5, 0.6) is 0 Å². The van der Waals surface area contributed by atoms with Gasteiger partial charge in [-0.05, 0) is 6.07 Å². The standard InChI is InChI=1S/C12H20BrN5/c1-16(2)12-14-5-3-11(15-12)18-9-7-17(6-4-13)8-10-18/h3,5H,4,6-10H2,1-2H3. The first-order valence-corrected chi connectivity index (χ1v) is 7.36. The third-order valence-corrected chi connectivity index (χ3v) is 3.48. The van der Waals surface area contributed by atoms with Gasteiger partial charge in [-0.2, -0.15) is 4.98 Å². The molecule has 0 aromatic carbocycles. The first-order valence-electron chi connectivity index (χ1n) is 6.24. The molecule has 18 heavy (non-hydrogen) atoms. The van der Waals surface area contributed by atoms with Crippen molar-refractivity contribution in [3.05, 3.63) is 12.3 Å². The highest BCUT2D eigenvalue weighted by Crippen LogP contribution is 2.15. The summed E-state index contributed by atoms with van der Waals surface area (Å²) in [4.78, 5) is 15.6. The first kappa shape index (κ1) is 13.5. The average Bonchev–Trinajstić information content (AvgIpc) is 2.40. The average molecular weight is 314 g/mol. The van der Waals surface area contributed by atoms with Crippen molar-refractivity contribution in [2.75, 3.05) is 61.9 Å². The zero-order chi connectivity index (χ0) is 13.0. The molecule has 0 amide bonds. The summed E-state index contributed by atoms with van der Waals surface area (Å²) >= 11 is 3.49. The second-order valence-electron chi connectivity index (χ2n) is 4.63. The van der Waals surface area contributed by atoms with Gasteiger partial charge in [0, 0.05) is 58.3 Å². The molecule has 1 aromatic rings. The van der Waals surface area contributed by atoms with Crippen LogP contribution in [0.3, 0.4) is 0 Å².